The van der Waals surface area contributed by atoms with E-state index in [4.69, 9.17) is 0 Å². The Balaban J connectivity index is 2.00. The summed E-state index contributed by atoms with van der Waals surface area (Å²) < 4.78 is 0. The molecule has 0 atom stereocenters. The van der Waals surface area contributed by atoms with E-state index in [9.17, 15) is 0 Å². The summed E-state index contributed by atoms with van der Waals surface area (Å²) in [6.07, 6.45) is 12.7. The lowest BCUT2D eigenvalue weighted by molar-refractivity contribution is 0.576. The molecule has 0 amide bonds. The van der Waals surface area contributed by atoms with Crippen molar-refractivity contribution in [1.82, 2.24) is 0 Å². The summed E-state index contributed by atoms with van der Waals surface area (Å²) in [5, 5.41) is 0. The summed E-state index contributed by atoms with van der Waals surface area (Å²) in [6, 6.07) is 4.65. The van der Waals surface area contributed by atoms with Crippen LogP contribution in [-0.2, 0) is 6.42 Å². The molecule has 1 aromatic heterocycles. The third-order valence-corrected chi connectivity index (χ3v) is 4.97. The van der Waals surface area contributed by atoms with Crippen LogP contribution in [0.2, 0.25) is 0 Å². The zero-order chi connectivity index (χ0) is 13.2. The van der Waals surface area contributed by atoms with E-state index in [1.807, 2.05) is 11.3 Å². The molecule has 0 bridgehead atoms. The maximum Gasteiger partial charge on any atom is 0.00736 e. The third-order valence-electron chi connectivity index (χ3n) is 3.53. The first-order valence-electron chi connectivity index (χ1n) is 7.82. The fourth-order valence-electron chi connectivity index (χ4n) is 2.27. The van der Waals surface area contributed by atoms with Crippen LogP contribution in [0.3, 0.4) is 0 Å². The van der Waals surface area contributed by atoms with Gasteiger partial charge < -0.3 is 0 Å². The Kier molecular flexibility index (Phi) is 8.41. The minimum absolute atomic E-state index is 0.697. The van der Waals surface area contributed by atoms with Crippen molar-refractivity contribution in [2.24, 2.45) is 0 Å². The van der Waals surface area contributed by atoms with Gasteiger partial charge in [0.15, 0.2) is 0 Å². The van der Waals surface area contributed by atoms with E-state index in [0.717, 1.165) is 0 Å². The zero-order valence-corrected chi connectivity index (χ0v) is 13.3. The molecule has 0 aliphatic rings. The van der Waals surface area contributed by atoms with Crippen molar-refractivity contribution >= 4 is 11.3 Å². The molecule has 0 N–H and O–H groups in total. The molecule has 0 aromatic carbocycles. The van der Waals surface area contributed by atoms with Crippen LogP contribution in [-0.4, -0.2) is 0 Å². The molecule has 1 heteroatoms. The Hall–Kier alpha value is -0.300. The predicted octanol–water partition coefficient (Wildman–Crippen LogP) is 6.55. The first kappa shape index (κ1) is 15.8. The topological polar surface area (TPSA) is 0 Å². The molecule has 1 heterocycles. The summed E-state index contributed by atoms with van der Waals surface area (Å²) >= 11 is 2.02. The Morgan fingerprint density at radius 3 is 2.06 bits per heavy atom. The Labute approximate surface area is 118 Å². The highest BCUT2D eigenvalue weighted by molar-refractivity contribution is 7.12. The second kappa shape index (κ2) is 9.61. The van der Waals surface area contributed by atoms with Crippen LogP contribution < -0.4 is 0 Å². The van der Waals surface area contributed by atoms with Gasteiger partial charge in [-0.3, -0.25) is 0 Å². The average molecular weight is 266 g/mol. The lowest BCUT2D eigenvalue weighted by atomic mass is 10.1. The van der Waals surface area contributed by atoms with Crippen molar-refractivity contribution in [3.63, 3.8) is 0 Å². The Morgan fingerprint density at radius 1 is 0.889 bits per heavy atom. The summed E-state index contributed by atoms with van der Waals surface area (Å²) in [5.41, 5.74) is 0. The molecule has 18 heavy (non-hydrogen) atoms. The van der Waals surface area contributed by atoms with E-state index >= 15 is 0 Å². The molecular formula is C17H30S. The lowest BCUT2D eigenvalue weighted by Crippen LogP contribution is -1.83. The van der Waals surface area contributed by atoms with E-state index in [-0.39, 0.29) is 0 Å². The molecule has 0 aliphatic heterocycles. The minimum Gasteiger partial charge on any atom is -0.145 e. The van der Waals surface area contributed by atoms with Gasteiger partial charge >= 0.3 is 0 Å². The molecule has 0 saturated heterocycles. The van der Waals surface area contributed by atoms with Crippen LogP contribution in [0.5, 0.6) is 0 Å². The molecule has 0 fully saturated rings. The van der Waals surface area contributed by atoms with E-state index < -0.39 is 0 Å². The zero-order valence-electron chi connectivity index (χ0n) is 12.5. The summed E-state index contributed by atoms with van der Waals surface area (Å²) in [4.78, 5) is 3.13. The summed E-state index contributed by atoms with van der Waals surface area (Å²) in [6.45, 7) is 6.85. The molecule has 1 rings (SSSR count). The molecule has 0 nitrogen and oxygen atoms in total. The number of hydrogen-bond donors (Lipinski definition) is 0. The second-order valence-corrected chi connectivity index (χ2v) is 6.88. The van der Waals surface area contributed by atoms with Crippen LogP contribution in [0.1, 0.15) is 87.8 Å². The summed E-state index contributed by atoms with van der Waals surface area (Å²) in [7, 11) is 0. The van der Waals surface area contributed by atoms with Gasteiger partial charge in [0.05, 0.1) is 0 Å². The van der Waals surface area contributed by atoms with E-state index in [0.29, 0.717) is 5.92 Å². The fraction of sp³-hybridized carbons (Fsp3) is 0.765. The number of rotatable bonds is 10. The van der Waals surface area contributed by atoms with Gasteiger partial charge in [-0.15, -0.1) is 11.3 Å². The van der Waals surface area contributed by atoms with Gasteiger partial charge in [0.1, 0.15) is 0 Å². The molecule has 0 aliphatic carbocycles. The molecule has 0 radical (unpaired) electrons. The third kappa shape index (κ3) is 6.58. The standard InChI is InChI=1S/C17H30S/c1-4-5-6-7-8-9-10-11-12-16-13-14-17(18-16)15(2)3/h13-15H,4-12H2,1-3H3. The van der Waals surface area contributed by atoms with Gasteiger partial charge in [0.2, 0.25) is 0 Å². The van der Waals surface area contributed by atoms with Crippen LogP contribution in [0.4, 0.5) is 0 Å². The van der Waals surface area contributed by atoms with Crippen molar-refractivity contribution in [3.05, 3.63) is 21.9 Å². The highest BCUT2D eigenvalue weighted by Crippen LogP contribution is 2.25. The van der Waals surface area contributed by atoms with Crippen molar-refractivity contribution < 1.29 is 0 Å². The maximum atomic E-state index is 2.33. The molecular weight excluding hydrogens is 236 g/mol. The lowest BCUT2D eigenvalue weighted by Gasteiger charge is -2.01. The number of unbranched alkanes of at least 4 members (excludes halogenated alkanes) is 7. The van der Waals surface area contributed by atoms with E-state index in [1.54, 1.807) is 9.75 Å². The first-order valence-corrected chi connectivity index (χ1v) is 8.64. The second-order valence-electron chi connectivity index (χ2n) is 5.68. The monoisotopic (exact) mass is 266 g/mol. The van der Waals surface area contributed by atoms with Crippen LogP contribution in [0.15, 0.2) is 12.1 Å². The van der Waals surface area contributed by atoms with Crippen LogP contribution >= 0.6 is 11.3 Å². The quantitative estimate of drug-likeness (QED) is 0.421. The van der Waals surface area contributed by atoms with Gasteiger partial charge in [0.25, 0.3) is 0 Å². The number of thiophene rings is 1. The highest BCUT2D eigenvalue weighted by Gasteiger charge is 2.03. The van der Waals surface area contributed by atoms with E-state index in [1.165, 1.54) is 57.8 Å². The molecule has 104 valence electrons. The van der Waals surface area contributed by atoms with E-state index in [2.05, 4.69) is 32.9 Å². The maximum absolute atomic E-state index is 2.33. The number of aryl methyl sites for hydroxylation is 1. The average Bonchev–Trinajstić information content (AvgIpc) is 2.81. The van der Waals surface area contributed by atoms with Gasteiger partial charge in [0, 0.05) is 9.75 Å². The normalized spacial score (nSPS) is 11.3. The van der Waals surface area contributed by atoms with Crippen molar-refractivity contribution in [1.29, 1.82) is 0 Å². The first-order chi connectivity index (χ1) is 8.74. The minimum atomic E-state index is 0.697. The van der Waals surface area contributed by atoms with Gasteiger partial charge in [-0.2, -0.15) is 0 Å². The predicted molar refractivity (Wildman–Crippen MR) is 84.7 cm³/mol. The van der Waals surface area contributed by atoms with Crippen molar-refractivity contribution in [2.75, 3.05) is 0 Å². The molecule has 0 unspecified atom stereocenters. The van der Waals surface area contributed by atoms with Gasteiger partial charge in [-0.25, -0.2) is 0 Å². The van der Waals surface area contributed by atoms with Crippen LogP contribution in [0, 0.1) is 0 Å². The molecule has 1 aromatic rings. The largest absolute Gasteiger partial charge is 0.145 e. The van der Waals surface area contributed by atoms with Crippen LogP contribution in [0.25, 0.3) is 0 Å². The number of hydrogen-bond acceptors (Lipinski definition) is 1. The smallest absolute Gasteiger partial charge is 0.00736 e. The highest BCUT2D eigenvalue weighted by atomic mass is 32.1. The fourth-order valence-corrected chi connectivity index (χ4v) is 3.33. The van der Waals surface area contributed by atoms with Crippen molar-refractivity contribution in [3.8, 4) is 0 Å². The van der Waals surface area contributed by atoms with Gasteiger partial charge in [-0.1, -0.05) is 65.7 Å². The Bertz CT molecular complexity index is 298. The summed E-state index contributed by atoms with van der Waals surface area (Å²) in [5.74, 6) is 0.697. The van der Waals surface area contributed by atoms with Crippen molar-refractivity contribution in [2.45, 2.75) is 84.5 Å². The molecule has 0 saturated carbocycles. The Morgan fingerprint density at radius 2 is 1.50 bits per heavy atom. The SMILES string of the molecule is CCCCCCCCCCc1ccc(C(C)C)s1. The van der Waals surface area contributed by atoms with Gasteiger partial charge in [-0.05, 0) is 30.9 Å². The molecule has 0 spiro atoms.